The van der Waals surface area contributed by atoms with Gasteiger partial charge < -0.3 is 33.6 Å². The number of hydrogen-bond acceptors (Lipinski definition) is 10. The molecule has 14 heteroatoms. The van der Waals surface area contributed by atoms with Crippen molar-refractivity contribution in [2.45, 2.75) is 136 Å². The number of fused-ring (bicyclic) bond motifs is 1. The molecule has 12 nitrogen and oxygen atoms in total. The summed E-state index contributed by atoms with van der Waals surface area (Å²) >= 11 is 3.48. The third kappa shape index (κ3) is 19.1. The van der Waals surface area contributed by atoms with E-state index in [-0.39, 0.29) is 44.2 Å². The monoisotopic (exact) mass is 873 g/mol. The molecule has 57 heavy (non-hydrogen) atoms. The number of hydrogen-bond donors (Lipinski definition) is 2. The second-order valence-corrected chi connectivity index (χ2v) is 17.6. The van der Waals surface area contributed by atoms with Crippen LogP contribution in [0.15, 0.2) is 70.2 Å². The second-order valence-electron chi connectivity index (χ2n) is 14.7. The summed E-state index contributed by atoms with van der Waals surface area (Å²) in [6.45, 7) is 4.01. The first-order chi connectivity index (χ1) is 27.8. The summed E-state index contributed by atoms with van der Waals surface area (Å²) in [6, 6.07) is 17.5. The van der Waals surface area contributed by atoms with Crippen LogP contribution in [-0.2, 0) is 47.6 Å². The van der Waals surface area contributed by atoms with Gasteiger partial charge in [-0.15, -0.1) is 0 Å². The van der Waals surface area contributed by atoms with E-state index in [9.17, 15) is 9.36 Å². The van der Waals surface area contributed by atoms with E-state index >= 15 is 0 Å². The maximum atomic E-state index is 14.2. The van der Waals surface area contributed by atoms with Crippen molar-refractivity contribution >= 4 is 40.6 Å². The van der Waals surface area contributed by atoms with Crippen LogP contribution in [0.5, 0.6) is 0 Å². The van der Waals surface area contributed by atoms with E-state index < -0.39 is 19.3 Å². The number of imidazole rings is 1. The molecule has 0 fully saturated rings. The molecule has 0 amide bonds. The van der Waals surface area contributed by atoms with E-state index in [1.165, 1.54) is 96.2 Å². The van der Waals surface area contributed by atoms with E-state index in [4.69, 9.17) is 29.0 Å². The molecule has 0 aliphatic rings. The van der Waals surface area contributed by atoms with Crippen molar-refractivity contribution in [2.24, 2.45) is 0 Å². The predicted octanol–water partition coefficient (Wildman–Crippen LogP) is 10.7. The van der Waals surface area contributed by atoms with Gasteiger partial charge in [0.1, 0.15) is 12.5 Å². The topological polar surface area (TPSA) is 153 Å². The lowest BCUT2D eigenvalue weighted by Gasteiger charge is -2.23. The van der Waals surface area contributed by atoms with Gasteiger partial charge in [-0.1, -0.05) is 162 Å². The molecular weight excluding hydrogens is 809 g/mol. The summed E-state index contributed by atoms with van der Waals surface area (Å²) in [7, 11) is -3.79. The minimum atomic E-state index is -3.79. The fourth-order valence-electron chi connectivity index (χ4n) is 6.48. The summed E-state index contributed by atoms with van der Waals surface area (Å²) in [4.78, 5) is 22.9. The Morgan fingerprint density at radius 2 is 1.42 bits per heavy atom. The lowest BCUT2D eigenvalue weighted by Crippen LogP contribution is -2.26. The van der Waals surface area contributed by atoms with Crippen LogP contribution < -0.4 is 11.3 Å². The molecule has 0 saturated carbocycles. The number of benzene rings is 2. The number of ether oxygens (including phenoxy) is 3. The first-order valence-electron chi connectivity index (χ1n) is 21.0. The number of H-pyrrole nitrogens is 1. The molecule has 2 aromatic heterocycles. The third-order valence-corrected chi connectivity index (χ3v) is 11.8. The zero-order valence-corrected chi connectivity index (χ0v) is 36.4. The average Bonchev–Trinajstić information content (AvgIpc) is 3.62. The Hall–Kier alpha value is -2.90. The van der Waals surface area contributed by atoms with Crippen molar-refractivity contribution in [3.8, 4) is 0 Å². The quantitative estimate of drug-likeness (QED) is 0.0349. The van der Waals surface area contributed by atoms with E-state index in [0.29, 0.717) is 25.5 Å². The first-order valence-corrected chi connectivity index (χ1v) is 23.5. The van der Waals surface area contributed by atoms with Crippen molar-refractivity contribution in [3.05, 3.63) is 86.9 Å². The average molecular weight is 875 g/mol. The standard InChI is InChI=1S/C43H65BrN5O7P/c1-2-3-4-5-6-7-8-9-10-11-12-13-14-15-16-20-27-52-32-39(54-30-36-22-18-17-19-23-36)33-56-57(51,55-31-37-24-21-25-38(44)29-37)35-53-28-26-49-34-46-40-41(49)47-43(45)48-42(40)50/h17-19,21-25,29,34,39H,2-16,20,26-28,30-33,35H2,1H3,(H3,45,47,48,50). The highest BCUT2D eigenvalue weighted by Crippen LogP contribution is 2.49. The molecule has 0 saturated heterocycles. The lowest BCUT2D eigenvalue weighted by molar-refractivity contribution is -0.0489. The van der Waals surface area contributed by atoms with Gasteiger partial charge in [-0.3, -0.25) is 14.3 Å². The lowest BCUT2D eigenvalue weighted by atomic mass is 10.0. The number of unbranched alkanes of at least 4 members (excludes halogenated alkanes) is 15. The van der Waals surface area contributed by atoms with Crippen LogP contribution in [0.3, 0.4) is 0 Å². The van der Waals surface area contributed by atoms with Crippen molar-refractivity contribution < 1.29 is 27.8 Å². The zero-order valence-electron chi connectivity index (χ0n) is 33.9. The zero-order chi connectivity index (χ0) is 40.4. The summed E-state index contributed by atoms with van der Waals surface area (Å²) in [5.74, 6) is -0.00735. The highest BCUT2D eigenvalue weighted by molar-refractivity contribution is 9.10. The Morgan fingerprint density at radius 1 is 0.772 bits per heavy atom. The Bertz CT molecular complexity index is 1780. The van der Waals surface area contributed by atoms with Crippen LogP contribution in [0.1, 0.15) is 121 Å². The minimum Gasteiger partial charge on any atom is -0.379 e. The van der Waals surface area contributed by atoms with Gasteiger partial charge in [0.2, 0.25) is 5.95 Å². The van der Waals surface area contributed by atoms with Gasteiger partial charge in [-0.05, 0) is 29.7 Å². The van der Waals surface area contributed by atoms with Gasteiger partial charge in [0.05, 0.1) is 39.4 Å². The number of nitrogens with one attached hydrogen (secondary N) is 1. The van der Waals surface area contributed by atoms with Crippen LogP contribution in [0, 0.1) is 0 Å². The smallest absolute Gasteiger partial charge is 0.356 e. The van der Waals surface area contributed by atoms with E-state index in [1.807, 2.05) is 54.6 Å². The molecule has 0 spiro atoms. The summed E-state index contributed by atoms with van der Waals surface area (Å²) < 4.78 is 46.9. The van der Waals surface area contributed by atoms with Gasteiger partial charge in [0, 0.05) is 17.6 Å². The second kappa shape index (κ2) is 27.7. The largest absolute Gasteiger partial charge is 0.379 e. The Kier molecular flexibility index (Phi) is 22.8. The van der Waals surface area contributed by atoms with Crippen molar-refractivity contribution in [1.82, 2.24) is 19.5 Å². The predicted molar refractivity (Wildman–Crippen MR) is 231 cm³/mol. The van der Waals surface area contributed by atoms with Crippen LogP contribution in [-0.4, -0.2) is 58.4 Å². The number of rotatable bonds is 33. The number of nitrogens with zero attached hydrogens (tertiary/aromatic N) is 3. The Morgan fingerprint density at radius 3 is 2.09 bits per heavy atom. The molecular formula is C43H65BrN5O7P. The third-order valence-electron chi connectivity index (χ3n) is 9.77. The maximum Gasteiger partial charge on any atom is 0.356 e. The van der Waals surface area contributed by atoms with Gasteiger partial charge in [-0.2, -0.15) is 4.98 Å². The fraction of sp³-hybridized carbons (Fsp3) is 0.605. The molecule has 0 aliphatic heterocycles. The van der Waals surface area contributed by atoms with Gasteiger partial charge in [0.25, 0.3) is 5.56 Å². The molecule has 0 aliphatic carbocycles. The number of halogens is 1. The molecule has 2 atom stereocenters. The summed E-state index contributed by atoms with van der Waals surface area (Å²) in [5, 5.41) is 0. The van der Waals surface area contributed by atoms with Crippen LogP contribution in [0.25, 0.3) is 11.2 Å². The number of nitrogens with two attached hydrogens (primary N) is 1. The van der Waals surface area contributed by atoms with Crippen molar-refractivity contribution in [1.29, 1.82) is 0 Å². The molecule has 4 rings (SSSR count). The van der Waals surface area contributed by atoms with Crippen molar-refractivity contribution in [3.63, 3.8) is 0 Å². The first kappa shape index (κ1) is 46.8. The minimum absolute atomic E-state index is 0.00735. The van der Waals surface area contributed by atoms with Crippen molar-refractivity contribution in [2.75, 3.05) is 38.5 Å². The molecule has 4 aromatic rings. The number of nitrogen functional groups attached to an aromatic ring is 1. The number of anilines is 1. The highest BCUT2D eigenvalue weighted by Gasteiger charge is 2.28. The van der Waals surface area contributed by atoms with Crippen LogP contribution in [0.4, 0.5) is 5.95 Å². The molecule has 2 aromatic carbocycles. The van der Waals surface area contributed by atoms with E-state index in [2.05, 4.69) is 37.8 Å². The van der Waals surface area contributed by atoms with Gasteiger partial charge in [-0.25, -0.2) is 4.98 Å². The molecule has 2 unspecified atom stereocenters. The van der Waals surface area contributed by atoms with Crippen LogP contribution >= 0.6 is 23.5 Å². The molecule has 0 radical (unpaired) electrons. The maximum absolute atomic E-state index is 14.2. The number of aromatic nitrogens is 4. The summed E-state index contributed by atoms with van der Waals surface area (Å²) in [6.07, 6.45) is 21.8. The molecule has 316 valence electrons. The number of aromatic amines is 1. The molecule has 0 bridgehead atoms. The summed E-state index contributed by atoms with van der Waals surface area (Å²) in [5.41, 5.74) is 7.67. The SMILES string of the molecule is CCCCCCCCCCCCCCCCCCOCC(COP(=O)(COCCn1cnc2c(=O)[nH]c(N)nc21)OCc1cccc(Br)c1)OCc1ccccc1. The van der Waals surface area contributed by atoms with E-state index in [1.54, 1.807) is 4.57 Å². The highest BCUT2D eigenvalue weighted by atomic mass is 79.9. The fourth-order valence-corrected chi connectivity index (χ4v) is 8.24. The Labute approximate surface area is 347 Å². The van der Waals surface area contributed by atoms with E-state index in [0.717, 1.165) is 28.4 Å². The van der Waals surface area contributed by atoms with Gasteiger partial charge >= 0.3 is 7.60 Å². The molecule has 2 heterocycles. The van der Waals surface area contributed by atoms with Crippen LogP contribution in [0.2, 0.25) is 0 Å². The molecule has 3 N–H and O–H groups in total. The normalized spacial score (nSPS) is 13.3. The Balaban J connectivity index is 1.20. The van der Waals surface area contributed by atoms with Gasteiger partial charge in [0.15, 0.2) is 11.2 Å².